The number of hydrogen-bond acceptors (Lipinski definition) is 6. The zero-order chi connectivity index (χ0) is 22.8. The van der Waals surface area contributed by atoms with Crippen molar-refractivity contribution in [1.29, 1.82) is 0 Å². The van der Waals surface area contributed by atoms with Gasteiger partial charge in [0.2, 0.25) is 5.91 Å². The van der Waals surface area contributed by atoms with E-state index in [1.54, 1.807) is 7.05 Å². The Labute approximate surface area is 198 Å². The van der Waals surface area contributed by atoms with Gasteiger partial charge >= 0.3 is 0 Å². The quantitative estimate of drug-likeness (QED) is 0.235. The molecule has 1 amide bonds. The lowest BCUT2D eigenvalue weighted by molar-refractivity contribution is -0.113. The van der Waals surface area contributed by atoms with Gasteiger partial charge in [0.25, 0.3) is 5.56 Å². The molecule has 2 heterocycles. The van der Waals surface area contributed by atoms with E-state index >= 15 is 0 Å². The summed E-state index contributed by atoms with van der Waals surface area (Å²) in [4.78, 5) is 30.1. The third-order valence-electron chi connectivity index (χ3n) is 5.04. The summed E-state index contributed by atoms with van der Waals surface area (Å²) in [6.07, 6.45) is 0.948. The molecule has 2 aromatic carbocycles. The molecule has 0 bridgehead atoms. The summed E-state index contributed by atoms with van der Waals surface area (Å²) in [5.74, 6) is -0.0224. The van der Waals surface area contributed by atoms with Crippen LogP contribution in [-0.2, 0) is 18.3 Å². The van der Waals surface area contributed by atoms with Gasteiger partial charge in [-0.05, 0) is 55.4 Å². The first-order valence-electron chi connectivity index (χ1n) is 10.1. The second-order valence-electron chi connectivity index (χ2n) is 7.34. The predicted octanol–water partition coefficient (Wildman–Crippen LogP) is 5.12. The van der Waals surface area contributed by atoms with E-state index in [0.717, 1.165) is 23.4 Å². The molecule has 0 saturated carbocycles. The van der Waals surface area contributed by atoms with Crippen molar-refractivity contribution in [2.24, 2.45) is 7.05 Å². The van der Waals surface area contributed by atoms with Gasteiger partial charge in [-0.2, -0.15) is 0 Å². The molecule has 164 valence electrons. The van der Waals surface area contributed by atoms with E-state index in [1.165, 1.54) is 33.2 Å². The van der Waals surface area contributed by atoms with Crippen LogP contribution < -0.4 is 10.9 Å². The second-order valence-corrected chi connectivity index (χ2v) is 9.92. The highest BCUT2D eigenvalue weighted by Gasteiger charge is 2.17. The van der Waals surface area contributed by atoms with Gasteiger partial charge in [-0.15, -0.1) is 0 Å². The van der Waals surface area contributed by atoms with Crippen LogP contribution in [0.25, 0.3) is 16.0 Å². The van der Waals surface area contributed by atoms with E-state index in [2.05, 4.69) is 12.2 Å². The molecule has 0 spiro atoms. The lowest BCUT2D eigenvalue weighted by Gasteiger charge is -2.10. The average molecular weight is 483 g/mol. The van der Waals surface area contributed by atoms with Crippen molar-refractivity contribution in [3.63, 3.8) is 0 Å². The number of fused-ring (bicyclic) bond motifs is 1. The molecule has 0 aliphatic heterocycles. The molecule has 32 heavy (non-hydrogen) atoms. The van der Waals surface area contributed by atoms with Crippen LogP contribution in [0.5, 0.6) is 0 Å². The molecule has 0 atom stereocenters. The van der Waals surface area contributed by atoms with Crippen molar-refractivity contribution in [2.75, 3.05) is 11.1 Å². The van der Waals surface area contributed by atoms with E-state index in [0.29, 0.717) is 19.5 Å². The zero-order valence-corrected chi connectivity index (χ0v) is 20.4. The van der Waals surface area contributed by atoms with E-state index in [1.807, 2.05) is 60.0 Å². The molecular weight excluding hydrogens is 460 g/mol. The molecule has 4 aromatic rings. The van der Waals surface area contributed by atoms with Crippen molar-refractivity contribution < 1.29 is 4.79 Å². The number of thiazole rings is 1. The fourth-order valence-electron chi connectivity index (χ4n) is 3.21. The smallest absolute Gasteiger partial charge is 0.273 e. The Kier molecular flexibility index (Phi) is 6.59. The number of aryl methyl sites for hydroxylation is 2. The first-order valence-corrected chi connectivity index (χ1v) is 12.3. The first-order chi connectivity index (χ1) is 15.4. The van der Waals surface area contributed by atoms with E-state index < -0.39 is 0 Å². The number of benzene rings is 2. The summed E-state index contributed by atoms with van der Waals surface area (Å²) >= 11 is 8.01. The maximum Gasteiger partial charge on any atom is 0.273 e. The van der Waals surface area contributed by atoms with Gasteiger partial charge in [0.05, 0.1) is 5.75 Å². The molecule has 0 aliphatic rings. The average Bonchev–Trinajstić information content (AvgIpc) is 3.12. The molecule has 0 fully saturated rings. The molecule has 9 heteroatoms. The standard InChI is InChI=1S/C23H22N4O2S3/c1-4-15-7-9-16(10-8-15)24-18(28)13-31-22-25-20-19(21(29)26(22)3)32-23(30)27(20)17-11-5-14(2)6-12-17/h5-12H,4,13H2,1-3H3,(H,24,28). The fraction of sp³-hybridized carbons (Fsp3) is 0.217. The summed E-state index contributed by atoms with van der Waals surface area (Å²) in [6.45, 7) is 4.10. The third-order valence-corrected chi connectivity index (χ3v) is 7.43. The highest BCUT2D eigenvalue weighted by atomic mass is 32.2. The molecule has 2 aromatic heterocycles. The maximum absolute atomic E-state index is 13.0. The van der Waals surface area contributed by atoms with Gasteiger partial charge in [0, 0.05) is 18.4 Å². The van der Waals surface area contributed by atoms with Crippen LogP contribution in [0.3, 0.4) is 0 Å². The minimum Gasteiger partial charge on any atom is -0.325 e. The number of anilines is 1. The Balaban J connectivity index is 1.61. The minimum atomic E-state index is -0.171. The monoisotopic (exact) mass is 482 g/mol. The number of nitrogens with one attached hydrogen (secondary N) is 1. The maximum atomic E-state index is 13.0. The van der Waals surface area contributed by atoms with E-state index in [4.69, 9.17) is 17.2 Å². The number of carbonyl (C=O) groups is 1. The highest BCUT2D eigenvalue weighted by Crippen LogP contribution is 2.26. The van der Waals surface area contributed by atoms with Gasteiger partial charge in [-0.3, -0.25) is 18.7 Å². The Morgan fingerprint density at radius 2 is 1.84 bits per heavy atom. The van der Waals surface area contributed by atoms with Crippen LogP contribution in [0.15, 0.2) is 58.5 Å². The molecular formula is C23H22N4O2S3. The van der Waals surface area contributed by atoms with E-state index in [-0.39, 0.29) is 17.2 Å². The van der Waals surface area contributed by atoms with Crippen LogP contribution in [0.4, 0.5) is 5.69 Å². The van der Waals surface area contributed by atoms with Gasteiger partial charge in [-0.25, -0.2) is 4.98 Å². The second kappa shape index (κ2) is 9.40. The Bertz CT molecular complexity index is 1400. The number of aromatic nitrogens is 3. The van der Waals surface area contributed by atoms with Gasteiger partial charge in [0.15, 0.2) is 14.8 Å². The summed E-state index contributed by atoms with van der Waals surface area (Å²) < 4.78 is 4.35. The Morgan fingerprint density at radius 3 is 2.50 bits per heavy atom. The van der Waals surface area contributed by atoms with Crippen molar-refractivity contribution in [3.05, 3.63) is 74.0 Å². The first kappa shape index (κ1) is 22.4. The van der Waals surface area contributed by atoms with Crippen LogP contribution in [0.2, 0.25) is 0 Å². The van der Waals surface area contributed by atoms with Gasteiger partial charge in [-0.1, -0.05) is 59.9 Å². The van der Waals surface area contributed by atoms with Crippen LogP contribution in [-0.4, -0.2) is 25.8 Å². The molecule has 0 unspecified atom stereocenters. The molecule has 1 N–H and O–H groups in total. The number of nitrogens with zero attached hydrogens (tertiary/aromatic N) is 3. The minimum absolute atomic E-state index is 0.136. The molecule has 0 radical (unpaired) electrons. The SMILES string of the molecule is CCc1ccc(NC(=O)CSc2nc3c(sc(=S)n3-c3ccc(C)cc3)c(=O)n2C)cc1. The number of carbonyl (C=O) groups excluding carboxylic acids is 1. The number of thioether (sulfide) groups is 1. The van der Waals surface area contributed by atoms with Crippen molar-refractivity contribution in [2.45, 2.75) is 25.4 Å². The summed E-state index contributed by atoms with van der Waals surface area (Å²) in [5, 5.41) is 3.35. The lowest BCUT2D eigenvalue weighted by Crippen LogP contribution is -2.21. The number of hydrogen-bond donors (Lipinski definition) is 1. The van der Waals surface area contributed by atoms with Crippen molar-refractivity contribution in [3.8, 4) is 5.69 Å². The summed E-state index contributed by atoms with van der Waals surface area (Å²) in [7, 11) is 1.66. The van der Waals surface area contributed by atoms with Gasteiger partial charge < -0.3 is 5.32 Å². The summed E-state index contributed by atoms with van der Waals surface area (Å²) in [6, 6.07) is 15.7. The Hall–Kier alpha value is -2.75. The van der Waals surface area contributed by atoms with Gasteiger partial charge in [0.1, 0.15) is 4.70 Å². The third kappa shape index (κ3) is 4.55. The normalized spacial score (nSPS) is 11.1. The molecule has 0 aliphatic carbocycles. The number of amides is 1. The largest absolute Gasteiger partial charge is 0.325 e. The van der Waals surface area contributed by atoms with Crippen LogP contribution in [0, 0.1) is 10.9 Å². The van der Waals surface area contributed by atoms with Crippen LogP contribution >= 0.6 is 35.3 Å². The fourth-order valence-corrected chi connectivity index (χ4v) is 5.33. The Morgan fingerprint density at radius 1 is 1.16 bits per heavy atom. The summed E-state index contributed by atoms with van der Waals surface area (Å²) in [5.41, 5.74) is 4.30. The predicted molar refractivity (Wildman–Crippen MR) is 135 cm³/mol. The van der Waals surface area contributed by atoms with E-state index in [9.17, 15) is 9.59 Å². The molecule has 6 nitrogen and oxygen atoms in total. The molecule has 0 saturated heterocycles. The topological polar surface area (TPSA) is 68.9 Å². The van der Waals surface area contributed by atoms with Crippen LogP contribution in [0.1, 0.15) is 18.1 Å². The highest BCUT2D eigenvalue weighted by molar-refractivity contribution is 7.99. The molecule has 4 rings (SSSR count). The van der Waals surface area contributed by atoms with Crippen molar-refractivity contribution >= 4 is 57.3 Å². The van der Waals surface area contributed by atoms with Crippen molar-refractivity contribution in [1.82, 2.24) is 14.1 Å². The number of rotatable bonds is 6. The zero-order valence-electron chi connectivity index (χ0n) is 17.9. The lowest BCUT2D eigenvalue weighted by atomic mass is 10.1.